The fourth-order valence-corrected chi connectivity index (χ4v) is 4.83. The first-order valence-corrected chi connectivity index (χ1v) is 16.4. The van der Waals surface area contributed by atoms with Crippen molar-refractivity contribution in [3.8, 4) is 28.4 Å². The Labute approximate surface area is 230 Å². The Kier molecular flexibility index (Phi) is 8.50. The molecule has 0 atom stereocenters. The molecule has 0 unspecified atom stereocenters. The third-order valence-electron chi connectivity index (χ3n) is 5.96. The lowest BCUT2D eigenvalue weighted by atomic mass is 10.0. The maximum atomic E-state index is 15.4. The number of nitrogens with zero attached hydrogens (tertiary/aromatic N) is 3. The highest BCUT2D eigenvalue weighted by Gasteiger charge is 2.25. The molecule has 2 heterocycles. The molecule has 0 radical (unpaired) electrons. The second-order valence-electron chi connectivity index (χ2n) is 10.7. The molecule has 0 aliphatic heterocycles. The van der Waals surface area contributed by atoms with Gasteiger partial charge in [-0.2, -0.15) is 0 Å². The molecule has 0 aliphatic rings. The minimum Gasteiger partial charge on any atom is -0.490 e. The van der Waals surface area contributed by atoms with E-state index in [4.69, 9.17) is 14.2 Å². The molecule has 4 rings (SSSR count). The molecule has 0 fully saturated rings. The van der Waals surface area contributed by atoms with E-state index in [9.17, 15) is 18.9 Å². The van der Waals surface area contributed by atoms with Gasteiger partial charge >= 0.3 is 0 Å². The molecule has 0 saturated heterocycles. The third-order valence-corrected chi connectivity index (χ3v) is 7.66. The van der Waals surface area contributed by atoms with E-state index in [2.05, 4.69) is 24.6 Å². The van der Waals surface area contributed by atoms with E-state index in [0.717, 1.165) is 6.04 Å². The lowest BCUT2D eigenvalue weighted by molar-refractivity contribution is -0.385. The van der Waals surface area contributed by atoms with Crippen LogP contribution in [0, 0.1) is 27.6 Å². The average Bonchev–Trinajstić information content (AvgIpc) is 3.22. The number of nitro benzene ring substituents is 1. The monoisotopic (exact) mass is 573 g/mol. The van der Waals surface area contributed by atoms with E-state index in [-0.39, 0.29) is 35.3 Å². The Bertz CT molecular complexity index is 1530. The molecule has 0 saturated carbocycles. The zero-order chi connectivity index (χ0) is 29.2. The summed E-state index contributed by atoms with van der Waals surface area (Å²) < 4.78 is 64.1. The molecule has 2 aromatic heterocycles. The number of non-ortho nitro benzene ring substituents is 1. The van der Waals surface area contributed by atoms with Crippen molar-refractivity contribution >= 4 is 24.8 Å². The van der Waals surface area contributed by atoms with Crippen molar-refractivity contribution in [2.75, 3.05) is 6.61 Å². The number of hydrogen-bond acceptors (Lipinski definition) is 6. The number of fused-ring (bicyclic) bond motifs is 1. The second kappa shape index (κ2) is 11.7. The van der Waals surface area contributed by atoms with Crippen LogP contribution in [0.15, 0.2) is 48.8 Å². The Morgan fingerprint density at radius 1 is 1.05 bits per heavy atom. The van der Waals surface area contributed by atoms with E-state index in [1.54, 1.807) is 30.7 Å². The summed E-state index contributed by atoms with van der Waals surface area (Å²) in [5, 5.41) is 11.3. The lowest BCUT2D eigenvalue weighted by Crippen LogP contribution is -2.22. The Hall–Kier alpha value is -3.90. The molecular formula is C28H30F3N3O5Si. The first-order chi connectivity index (χ1) is 18.9. The molecule has 0 spiro atoms. The Morgan fingerprint density at radius 3 is 2.38 bits per heavy atom. The minimum absolute atomic E-state index is 0.0359. The summed E-state index contributed by atoms with van der Waals surface area (Å²) in [6.45, 7) is 10.9. The molecule has 0 N–H and O–H groups in total. The maximum absolute atomic E-state index is 15.4. The number of pyridine rings is 1. The fourth-order valence-electron chi connectivity index (χ4n) is 4.08. The fraction of sp³-hybridized carbons (Fsp3) is 0.321. The SMILES string of the molecule is CC(C)Oc1cccc(F)c1-c1cn(COCC[Si](C)(C)C)c2nccc(Oc3c(F)cc([N+](=O)[O-])cc3F)c12. The number of rotatable bonds is 11. The van der Waals surface area contributed by atoms with Crippen LogP contribution in [0.25, 0.3) is 22.2 Å². The van der Waals surface area contributed by atoms with E-state index in [1.165, 1.54) is 24.4 Å². The first-order valence-electron chi connectivity index (χ1n) is 12.7. The Morgan fingerprint density at radius 2 is 1.75 bits per heavy atom. The smallest absolute Gasteiger partial charge is 0.275 e. The number of benzene rings is 2. The quantitative estimate of drug-likeness (QED) is 0.0784. The summed E-state index contributed by atoms with van der Waals surface area (Å²) in [5.74, 6) is -3.72. The zero-order valence-corrected chi connectivity index (χ0v) is 23.8. The van der Waals surface area contributed by atoms with E-state index >= 15 is 4.39 Å². The van der Waals surface area contributed by atoms with Crippen molar-refractivity contribution < 1.29 is 32.3 Å². The largest absolute Gasteiger partial charge is 0.490 e. The standard InChI is InChI=1S/C28H30F3N3O5Si/c1-17(2)38-23-8-6-7-20(29)25(23)19-15-33(16-37-11-12-40(3,4)5)28-26(19)24(9-10-32-28)39-27-21(30)13-18(34(35)36)14-22(27)31/h6-10,13-15,17H,11-12,16H2,1-5H3. The number of aromatic nitrogens is 2. The average molecular weight is 574 g/mol. The van der Waals surface area contributed by atoms with Crippen LogP contribution in [0.1, 0.15) is 13.8 Å². The number of hydrogen-bond donors (Lipinski definition) is 0. The molecule has 0 bridgehead atoms. The van der Waals surface area contributed by atoms with Gasteiger partial charge < -0.3 is 18.8 Å². The van der Waals surface area contributed by atoms with Crippen molar-refractivity contribution in [2.24, 2.45) is 0 Å². The predicted octanol–water partition coefficient (Wildman–Crippen LogP) is 7.92. The summed E-state index contributed by atoms with van der Waals surface area (Å²) >= 11 is 0. The van der Waals surface area contributed by atoms with Crippen molar-refractivity contribution in [2.45, 2.75) is 52.4 Å². The molecule has 0 aliphatic carbocycles. The van der Waals surface area contributed by atoms with Crippen LogP contribution in [-0.2, 0) is 11.5 Å². The third kappa shape index (κ3) is 6.45. The van der Waals surface area contributed by atoms with Gasteiger partial charge in [-0.25, -0.2) is 18.2 Å². The van der Waals surface area contributed by atoms with Crippen molar-refractivity contribution in [3.05, 3.63) is 76.4 Å². The van der Waals surface area contributed by atoms with Crippen LogP contribution in [0.5, 0.6) is 17.2 Å². The summed E-state index contributed by atoms with van der Waals surface area (Å²) in [6.07, 6.45) is 2.75. The first kappa shape index (κ1) is 29.1. The van der Waals surface area contributed by atoms with Gasteiger partial charge in [0.2, 0.25) is 0 Å². The van der Waals surface area contributed by atoms with E-state index in [1.807, 2.05) is 0 Å². The van der Waals surface area contributed by atoms with Crippen LogP contribution >= 0.6 is 0 Å². The second-order valence-corrected chi connectivity index (χ2v) is 16.4. The molecule has 12 heteroatoms. The number of halogens is 3. The summed E-state index contributed by atoms with van der Waals surface area (Å²) in [5.41, 5.74) is -0.0127. The van der Waals surface area contributed by atoms with Crippen molar-refractivity contribution in [3.63, 3.8) is 0 Å². The van der Waals surface area contributed by atoms with Gasteiger partial charge in [-0.3, -0.25) is 10.1 Å². The minimum atomic E-state index is -1.35. The number of nitro groups is 1. The van der Waals surface area contributed by atoms with Gasteiger partial charge in [0.05, 0.1) is 34.1 Å². The number of ether oxygens (including phenoxy) is 3. The highest BCUT2D eigenvalue weighted by atomic mass is 28.3. The van der Waals surface area contributed by atoms with Gasteiger partial charge in [0.15, 0.2) is 17.4 Å². The van der Waals surface area contributed by atoms with Crippen LogP contribution < -0.4 is 9.47 Å². The van der Waals surface area contributed by atoms with Crippen molar-refractivity contribution in [1.82, 2.24) is 9.55 Å². The van der Waals surface area contributed by atoms with Gasteiger partial charge in [-0.1, -0.05) is 25.7 Å². The van der Waals surface area contributed by atoms with E-state index in [0.29, 0.717) is 30.0 Å². The molecule has 40 heavy (non-hydrogen) atoms. The van der Waals surface area contributed by atoms with Crippen LogP contribution in [0.2, 0.25) is 25.7 Å². The summed E-state index contributed by atoms with van der Waals surface area (Å²) in [7, 11) is -1.35. The van der Waals surface area contributed by atoms with E-state index < -0.39 is 41.9 Å². The molecule has 212 valence electrons. The molecular weight excluding hydrogens is 543 g/mol. The van der Waals surface area contributed by atoms with Crippen LogP contribution in [0.4, 0.5) is 18.9 Å². The van der Waals surface area contributed by atoms with Crippen molar-refractivity contribution in [1.29, 1.82) is 0 Å². The Balaban J connectivity index is 1.87. The van der Waals surface area contributed by atoms with Gasteiger partial charge in [0.1, 0.15) is 29.7 Å². The highest BCUT2D eigenvalue weighted by Crippen LogP contribution is 2.43. The molecule has 2 aromatic carbocycles. The van der Waals surface area contributed by atoms with Gasteiger partial charge in [-0.05, 0) is 38.1 Å². The van der Waals surface area contributed by atoms with Gasteiger partial charge in [0.25, 0.3) is 5.69 Å². The summed E-state index contributed by atoms with van der Waals surface area (Å²) in [4.78, 5) is 14.5. The van der Waals surface area contributed by atoms with Crippen LogP contribution in [-0.4, -0.2) is 35.3 Å². The van der Waals surface area contributed by atoms with Gasteiger partial charge in [-0.15, -0.1) is 0 Å². The predicted molar refractivity (Wildman–Crippen MR) is 148 cm³/mol. The molecule has 0 amide bonds. The summed E-state index contributed by atoms with van der Waals surface area (Å²) in [6, 6.07) is 7.88. The highest BCUT2D eigenvalue weighted by molar-refractivity contribution is 6.76. The molecule has 8 nitrogen and oxygen atoms in total. The van der Waals surface area contributed by atoms with Crippen LogP contribution in [0.3, 0.4) is 0 Å². The normalized spacial score (nSPS) is 11.8. The van der Waals surface area contributed by atoms with Gasteiger partial charge in [0, 0.05) is 32.6 Å². The maximum Gasteiger partial charge on any atom is 0.275 e. The zero-order valence-electron chi connectivity index (χ0n) is 22.8. The topological polar surface area (TPSA) is 88.7 Å². The molecule has 4 aromatic rings. The lowest BCUT2D eigenvalue weighted by Gasteiger charge is -2.15.